The van der Waals surface area contributed by atoms with Crippen LogP contribution < -0.4 is 0 Å². The van der Waals surface area contributed by atoms with Gasteiger partial charge in [-0.3, -0.25) is 9.36 Å². The summed E-state index contributed by atoms with van der Waals surface area (Å²) < 4.78 is 2.06. The normalized spacial score (nSPS) is 10.6. The van der Waals surface area contributed by atoms with Crippen LogP contribution in [0.15, 0.2) is 78.5 Å². The number of Topliss-reactive ketones (excluding diaryl/α,β-unsaturated/α-hetero) is 1. The molecule has 0 bridgehead atoms. The van der Waals surface area contributed by atoms with Crippen molar-refractivity contribution in [2.45, 2.75) is 24.5 Å². The van der Waals surface area contributed by atoms with Gasteiger partial charge in [-0.1, -0.05) is 78.5 Å². The second kappa shape index (κ2) is 9.15. The van der Waals surface area contributed by atoms with E-state index in [-0.39, 0.29) is 5.78 Å². The van der Waals surface area contributed by atoms with Crippen LogP contribution in [-0.4, -0.2) is 26.3 Å². The second-order valence-corrected chi connectivity index (χ2v) is 6.87. The fraction of sp³-hybridized carbons (Fsp3) is 0.190. The number of rotatable bonds is 9. The van der Waals surface area contributed by atoms with Crippen molar-refractivity contribution in [3.05, 3.63) is 78.9 Å². The lowest BCUT2D eigenvalue weighted by Crippen LogP contribution is -2.02. The van der Waals surface area contributed by atoms with E-state index in [1.165, 1.54) is 0 Å². The number of hydrogen-bond donors (Lipinski definition) is 0. The summed E-state index contributed by atoms with van der Waals surface area (Å²) in [6.45, 7) is 4.49. The molecule has 0 fully saturated rings. The van der Waals surface area contributed by atoms with Crippen LogP contribution in [0.5, 0.6) is 0 Å². The molecule has 2 aromatic carbocycles. The fourth-order valence-electron chi connectivity index (χ4n) is 2.65. The Hall–Kier alpha value is -2.66. The molecule has 1 aromatic heterocycles. The summed E-state index contributed by atoms with van der Waals surface area (Å²) in [5.41, 5.74) is 1.81. The summed E-state index contributed by atoms with van der Waals surface area (Å²) in [6, 6.07) is 19.4. The van der Waals surface area contributed by atoms with E-state index in [1.54, 1.807) is 11.8 Å². The first-order valence-electron chi connectivity index (χ1n) is 8.60. The quantitative estimate of drug-likeness (QED) is 0.235. The van der Waals surface area contributed by atoms with E-state index < -0.39 is 0 Å². The molecule has 0 saturated carbocycles. The van der Waals surface area contributed by atoms with Crippen LogP contribution >= 0.6 is 11.8 Å². The highest BCUT2D eigenvalue weighted by molar-refractivity contribution is 7.99. The number of carbonyl (C=O) groups is 1. The van der Waals surface area contributed by atoms with Crippen molar-refractivity contribution in [1.29, 1.82) is 0 Å². The first-order valence-corrected chi connectivity index (χ1v) is 9.58. The predicted octanol–water partition coefficient (Wildman–Crippen LogP) is 4.89. The Morgan fingerprint density at radius 2 is 1.73 bits per heavy atom. The zero-order valence-corrected chi connectivity index (χ0v) is 15.4. The average Bonchev–Trinajstić information content (AvgIpc) is 3.09. The number of allylic oxidation sites excluding steroid dienone is 1. The molecule has 3 rings (SSSR count). The van der Waals surface area contributed by atoms with Crippen molar-refractivity contribution in [2.75, 3.05) is 5.75 Å². The summed E-state index contributed by atoms with van der Waals surface area (Å²) in [5, 5.41) is 9.53. The van der Waals surface area contributed by atoms with Gasteiger partial charge in [0.05, 0.1) is 0 Å². The number of carbonyl (C=O) groups excluding carboxylic acids is 1. The number of thioether (sulfide) groups is 1. The Morgan fingerprint density at radius 1 is 1.04 bits per heavy atom. The van der Waals surface area contributed by atoms with E-state index in [0.29, 0.717) is 13.0 Å². The molecule has 0 atom stereocenters. The Morgan fingerprint density at radius 3 is 2.42 bits per heavy atom. The number of benzene rings is 2. The van der Waals surface area contributed by atoms with Gasteiger partial charge in [-0.15, -0.1) is 16.8 Å². The summed E-state index contributed by atoms with van der Waals surface area (Å²) in [4.78, 5) is 12.2. The highest BCUT2D eigenvalue weighted by Crippen LogP contribution is 2.24. The van der Waals surface area contributed by atoms with Crippen LogP contribution in [-0.2, 0) is 6.54 Å². The Balaban J connectivity index is 1.60. The summed E-state index contributed by atoms with van der Waals surface area (Å²) in [6.07, 6.45) is 3.19. The van der Waals surface area contributed by atoms with E-state index >= 15 is 0 Å². The predicted molar refractivity (Wildman–Crippen MR) is 106 cm³/mol. The molecule has 5 heteroatoms. The summed E-state index contributed by atoms with van der Waals surface area (Å²) in [7, 11) is 0. The monoisotopic (exact) mass is 363 g/mol. The molecule has 0 amide bonds. The number of aromatic nitrogens is 3. The first-order chi connectivity index (χ1) is 12.8. The third kappa shape index (κ3) is 4.49. The summed E-state index contributed by atoms with van der Waals surface area (Å²) >= 11 is 1.63. The fourth-order valence-corrected chi connectivity index (χ4v) is 3.54. The van der Waals surface area contributed by atoms with Crippen molar-refractivity contribution in [3.63, 3.8) is 0 Å². The van der Waals surface area contributed by atoms with Crippen LogP contribution in [0.1, 0.15) is 23.2 Å². The maximum atomic E-state index is 12.2. The van der Waals surface area contributed by atoms with E-state index in [4.69, 9.17) is 0 Å². The van der Waals surface area contributed by atoms with Crippen LogP contribution in [0, 0.1) is 0 Å². The van der Waals surface area contributed by atoms with E-state index in [9.17, 15) is 4.79 Å². The van der Waals surface area contributed by atoms with Gasteiger partial charge in [0.15, 0.2) is 16.8 Å². The number of hydrogen-bond acceptors (Lipinski definition) is 4. The van der Waals surface area contributed by atoms with Crippen molar-refractivity contribution < 1.29 is 4.79 Å². The lowest BCUT2D eigenvalue weighted by Gasteiger charge is -2.07. The number of nitrogens with zero attached hydrogens (tertiary/aromatic N) is 3. The van der Waals surface area contributed by atoms with Gasteiger partial charge in [-0.25, -0.2) is 0 Å². The minimum absolute atomic E-state index is 0.184. The maximum absolute atomic E-state index is 12.2. The topological polar surface area (TPSA) is 47.8 Å². The molecule has 0 N–H and O–H groups in total. The molecule has 0 unspecified atom stereocenters. The molecular weight excluding hydrogens is 342 g/mol. The van der Waals surface area contributed by atoms with Gasteiger partial charge in [-0.05, 0) is 6.42 Å². The largest absolute Gasteiger partial charge is 0.298 e. The van der Waals surface area contributed by atoms with Crippen molar-refractivity contribution in [2.24, 2.45) is 0 Å². The van der Waals surface area contributed by atoms with Gasteiger partial charge in [0.2, 0.25) is 0 Å². The summed E-state index contributed by atoms with van der Waals surface area (Å²) in [5.74, 6) is 1.85. The standard InChI is InChI=1S/C21H21N3OS/c1-2-15-24-20(18-12-7-4-8-13-18)22-23-21(24)26-16-9-14-19(25)17-10-5-3-6-11-17/h2-8,10-13H,1,9,14-16H2. The van der Waals surface area contributed by atoms with Gasteiger partial charge in [0.25, 0.3) is 0 Å². The molecule has 132 valence electrons. The van der Waals surface area contributed by atoms with Crippen molar-refractivity contribution in [1.82, 2.24) is 14.8 Å². The van der Waals surface area contributed by atoms with E-state index in [2.05, 4.69) is 21.3 Å². The zero-order chi connectivity index (χ0) is 18.2. The van der Waals surface area contributed by atoms with Gasteiger partial charge in [0, 0.05) is 29.8 Å². The molecule has 1 heterocycles. The van der Waals surface area contributed by atoms with Gasteiger partial charge in [-0.2, -0.15) is 0 Å². The van der Waals surface area contributed by atoms with Crippen LogP contribution in [0.3, 0.4) is 0 Å². The average molecular weight is 363 g/mol. The molecule has 4 nitrogen and oxygen atoms in total. The molecule has 0 aliphatic rings. The van der Waals surface area contributed by atoms with Crippen LogP contribution in [0.25, 0.3) is 11.4 Å². The molecular formula is C21H21N3OS. The minimum atomic E-state index is 0.184. The Kier molecular flexibility index (Phi) is 6.39. The smallest absolute Gasteiger partial charge is 0.191 e. The van der Waals surface area contributed by atoms with Crippen molar-refractivity contribution >= 4 is 17.5 Å². The zero-order valence-electron chi connectivity index (χ0n) is 14.5. The second-order valence-electron chi connectivity index (χ2n) is 5.81. The SMILES string of the molecule is C=CCn1c(SCCCC(=O)c2ccccc2)nnc1-c1ccccc1. The molecule has 0 spiro atoms. The third-order valence-electron chi connectivity index (χ3n) is 3.94. The van der Waals surface area contributed by atoms with E-state index in [1.807, 2.05) is 66.7 Å². The highest BCUT2D eigenvalue weighted by atomic mass is 32.2. The van der Waals surface area contributed by atoms with Gasteiger partial charge >= 0.3 is 0 Å². The van der Waals surface area contributed by atoms with Gasteiger partial charge in [0.1, 0.15) is 0 Å². The lowest BCUT2D eigenvalue weighted by molar-refractivity contribution is 0.0982. The third-order valence-corrected chi connectivity index (χ3v) is 4.99. The number of ketones is 1. The van der Waals surface area contributed by atoms with Crippen LogP contribution in [0.2, 0.25) is 0 Å². The molecule has 0 radical (unpaired) electrons. The lowest BCUT2D eigenvalue weighted by atomic mass is 10.1. The molecule has 3 aromatic rings. The first kappa shape index (κ1) is 18.1. The van der Waals surface area contributed by atoms with Crippen molar-refractivity contribution in [3.8, 4) is 11.4 Å². The molecule has 0 aliphatic carbocycles. The Labute approximate surface area is 158 Å². The van der Waals surface area contributed by atoms with Crippen LogP contribution in [0.4, 0.5) is 0 Å². The molecule has 0 saturated heterocycles. The van der Waals surface area contributed by atoms with Gasteiger partial charge < -0.3 is 0 Å². The molecule has 0 aliphatic heterocycles. The highest BCUT2D eigenvalue weighted by Gasteiger charge is 2.13. The van der Waals surface area contributed by atoms with E-state index in [0.717, 1.165) is 34.3 Å². The minimum Gasteiger partial charge on any atom is -0.298 e. The maximum Gasteiger partial charge on any atom is 0.191 e. The Bertz CT molecular complexity index is 859. The molecule has 26 heavy (non-hydrogen) atoms.